The van der Waals surface area contributed by atoms with Crippen molar-refractivity contribution in [3.05, 3.63) is 34.6 Å². The molecule has 100 valence electrons. The van der Waals surface area contributed by atoms with Crippen LogP contribution in [-0.2, 0) is 4.74 Å². The third kappa shape index (κ3) is 2.94. The Kier molecular flexibility index (Phi) is 3.86. The van der Waals surface area contributed by atoms with Gasteiger partial charge in [0, 0.05) is 31.2 Å². The Morgan fingerprint density at radius 3 is 2.95 bits per heavy atom. The van der Waals surface area contributed by atoms with Crippen molar-refractivity contribution >= 4 is 22.4 Å². The standard InChI is InChI=1S/C12H14N4O3/c1-8(19-2)6-13-12-10-5-9(16(17)18)3-4-11(10)14-7-15-12/h3-5,7-8H,6H2,1-2H3,(H,13,14,15). The third-order valence-electron chi connectivity index (χ3n) is 2.79. The summed E-state index contributed by atoms with van der Waals surface area (Å²) in [7, 11) is 1.62. The van der Waals surface area contributed by atoms with E-state index in [-0.39, 0.29) is 11.8 Å². The van der Waals surface area contributed by atoms with Crippen LogP contribution in [0.1, 0.15) is 6.92 Å². The molecule has 0 bridgehead atoms. The van der Waals surface area contributed by atoms with Crippen LogP contribution in [0.25, 0.3) is 10.9 Å². The number of aromatic nitrogens is 2. The quantitative estimate of drug-likeness (QED) is 0.654. The molecule has 7 heteroatoms. The molecule has 1 aromatic heterocycles. The summed E-state index contributed by atoms with van der Waals surface area (Å²) in [6.45, 7) is 2.48. The van der Waals surface area contributed by atoms with Crippen LogP contribution in [0.15, 0.2) is 24.5 Å². The molecule has 1 N–H and O–H groups in total. The van der Waals surface area contributed by atoms with Gasteiger partial charge < -0.3 is 10.1 Å². The Morgan fingerprint density at radius 1 is 1.47 bits per heavy atom. The first-order valence-corrected chi connectivity index (χ1v) is 5.77. The number of nitro groups is 1. The molecule has 1 aromatic carbocycles. The molecule has 0 aliphatic carbocycles. The fourth-order valence-electron chi connectivity index (χ4n) is 1.62. The molecule has 0 aliphatic heterocycles. The summed E-state index contributed by atoms with van der Waals surface area (Å²) in [6.07, 6.45) is 1.44. The van der Waals surface area contributed by atoms with Crippen molar-refractivity contribution in [2.45, 2.75) is 13.0 Å². The van der Waals surface area contributed by atoms with Crippen LogP contribution in [0.2, 0.25) is 0 Å². The number of nitrogens with one attached hydrogen (secondary N) is 1. The van der Waals surface area contributed by atoms with Gasteiger partial charge in [-0.15, -0.1) is 0 Å². The molecule has 0 amide bonds. The van der Waals surface area contributed by atoms with Crippen LogP contribution in [0.3, 0.4) is 0 Å². The lowest BCUT2D eigenvalue weighted by Crippen LogP contribution is -2.18. The van der Waals surface area contributed by atoms with Gasteiger partial charge in [-0.1, -0.05) is 0 Å². The Bertz CT molecular complexity index is 603. The van der Waals surface area contributed by atoms with E-state index in [0.717, 1.165) is 0 Å². The molecule has 0 aliphatic rings. The number of anilines is 1. The van der Waals surface area contributed by atoms with Crippen LogP contribution < -0.4 is 5.32 Å². The number of hydrogen-bond donors (Lipinski definition) is 1. The summed E-state index contributed by atoms with van der Waals surface area (Å²) >= 11 is 0. The molecule has 7 nitrogen and oxygen atoms in total. The average Bonchev–Trinajstić information content (AvgIpc) is 2.43. The number of methoxy groups -OCH3 is 1. The van der Waals surface area contributed by atoms with Crippen LogP contribution >= 0.6 is 0 Å². The monoisotopic (exact) mass is 262 g/mol. The molecule has 0 saturated heterocycles. The van der Waals surface area contributed by atoms with Crippen molar-refractivity contribution in [3.8, 4) is 0 Å². The second-order valence-electron chi connectivity index (χ2n) is 4.11. The van der Waals surface area contributed by atoms with E-state index in [4.69, 9.17) is 4.74 Å². The predicted molar refractivity (Wildman–Crippen MR) is 71.2 cm³/mol. The molecule has 0 radical (unpaired) electrons. The van der Waals surface area contributed by atoms with E-state index >= 15 is 0 Å². The van der Waals surface area contributed by atoms with Crippen LogP contribution in [0.4, 0.5) is 11.5 Å². The molecular formula is C12H14N4O3. The number of nitro benzene ring substituents is 1. The van der Waals surface area contributed by atoms with E-state index < -0.39 is 4.92 Å². The average molecular weight is 262 g/mol. The number of ether oxygens (including phenoxy) is 1. The number of non-ortho nitro benzene ring substituents is 1. The van der Waals surface area contributed by atoms with Crippen molar-refractivity contribution in [2.24, 2.45) is 0 Å². The molecular weight excluding hydrogens is 248 g/mol. The minimum absolute atomic E-state index is 0.0173. The van der Waals surface area contributed by atoms with E-state index in [9.17, 15) is 10.1 Å². The molecule has 0 saturated carbocycles. The smallest absolute Gasteiger partial charge is 0.270 e. The Labute approximate surface area is 109 Å². The summed E-state index contributed by atoms with van der Waals surface area (Å²) in [5, 5.41) is 14.5. The summed E-state index contributed by atoms with van der Waals surface area (Å²) in [5.74, 6) is 0.567. The maximum absolute atomic E-state index is 10.8. The highest BCUT2D eigenvalue weighted by molar-refractivity contribution is 5.90. The molecule has 1 unspecified atom stereocenters. The summed E-state index contributed by atoms with van der Waals surface area (Å²) in [4.78, 5) is 18.6. The predicted octanol–water partition coefficient (Wildman–Crippen LogP) is 1.98. The van der Waals surface area contributed by atoms with Gasteiger partial charge in [-0.05, 0) is 13.0 Å². The molecule has 1 atom stereocenters. The zero-order valence-corrected chi connectivity index (χ0v) is 10.7. The van der Waals surface area contributed by atoms with Crippen molar-refractivity contribution in [1.29, 1.82) is 0 Å². The van der Waals surface area contributed by atoms with Gasteiger partial charge in [0.25, 0.3) is 5.69 Å². The third-order valence-corrected chi connectivity index (χ3v) is 2.79. The molecule has 19 heavy (non-hydrogen) atoms. The zero-order valence-electron chi connectivity index (χ0n) is 10.7. The van der Waals surface area contributed by atoms with Gasteiger partial charge in [0.05, 0.1) is 16.5 Å². The highest BCUT2D eigenvalue weighted by Gasteiger charge is 2.11. The van der Waals surface area contributed by atoms with Gasteiger partial charge >= 0.3 is 0 Å². The van der Waals surface area contributed by atoms with Crippen molar-refractivity contribution in [2.75, 3.05) is 19.0 Å². The number of hydrogen-bond acceptors (Lipinski definition) is 6. The van der Waals surface area contributed by atoms with E-state index in [0.29, 0.717) is 23.3 Å². The molecule has 1 heterocycles. The van der Waals surface area contributed by atoms with Gasteiger partial charge in [-0.2, -0.15) is 0 Å². The highest BCUT2D eigenvalue weighted by Crippen LogP contribution is 2.24. The number of nitrogens with zero attached hydrogens (tertiary/aromatic N) is 3. The summed E-state index contributed by atoms with van der Waals surface area (Å²) in [6, 6.07) is 4.51. The lowest BCUT2D eigenvalue weighted by molar-refractivity contribution is -0.384. The second kappa shape index (κ2) is 5.57. The Balaban J connectivity index is 2.37. The fourth-order valence-corrected chi connectivity index (χ4v) is 1.62. The maximum Gasteiger partial charge on any atom is 0.270 e. The van der Waals surface area contributed by atoms with Crippen molar-refractivity contribution in [1.82, 2.24) is 9.97 Å². The second-order valence-corrected chi connectivity index (χ2v) is 4.11. The van der Waals surface area contributed by atoms with Gasteiger partial charge in [-0.3, -0.25) is 10.1 Å². The summed E-state index contributed by atoms with van der Waals surface area (Å²) < 4.78 is 5.13. The zero-order chi connectivity index (χ0) is 13.8. The van der Waals surface area contributed by atoms with E-state index in [1.807, 2.05) is 6.92 Å². The first-order valence-electron chi connectivity index (χ1n) is 5.77. The first-order chi connectivity index (χ1) is 9.11. The minimum Gasteiger partial charge on any atom is -0.380 e. The highest BCUT2D eigenvalue weighted by atomic mass is 16.6. The van der Waals surface area contributed by atoms with Crippen LogP contribution in [0.5, 0.6) is 0 Å². The largest absolute Gasteiger partial charge is 0.380 e. The Hall–Kier alpha value is -2.28. The van der Waals surface area contributed by atoms with Gasteiger partial charge in [-0.25, -0.2) is 9.97 Å². The number of benzene rings is 1. The molecule has 0 spiro atoms. The fraction of sp³-hybridized carbons (Fsp3) is 0.333. The lowest BCUT2D eigenvalue weighted by atomic mass is 10.2. The van der Waals surface area contributed by atoms with Crippen LogP contribution in [0, 0.1) is 10.1 Å². The maximum atomic E-state index is 10.8. The van der Waals surface area contributed by atoms with Crippen LogP contribution in [-0.4, -0.2) is 34.6 Å². The minimum atomic E-state index is -0.437. The normalized spacial score (nSPS) is 12.3. The first kappa shape index (κ1) is 13.2. The molecule has 0 fully saturated rings. The molecule has 2 rings (SSSR count). The number of fused-ring (bicyclic) bond motifs is 1. The van der Waals surface area contributed by atoms with E-state index in [1.165, 1.54) is 18.5 Å². The lowest BCUT2D eigenvalue weighted by Gasteiger charge is -2.12. The van der Waals surface area contributed by atoms with E-state index in [2.05, 4.69) is 15.3 Å². The molecule has 2 aromatic rings. The van der Waals surface area contributed by atoms with Crippen molar-refractivity contribution in [3.63, 3.8) is 0 Å². The Morgan fingerprint density at radius 2 is 2.26 bits per heavy atom. The van der Waals surface area contributed by atoms with Gasteiger partial charge in [0.15, 0.2) is 0 Å². The topological polar surface area (TPSA) is 90.2 Å². The SMILES string of the molecule is COC(C)CNc1ncnc2ccc([N+](=O)[O-])cc12. The van der Waals surface area contributed by atoms with Crippen molar-refractivity contribution < 1.29 is 9.66 Å². The van der Waals surface area contributed by atoms with Gasteiger partial charge in [0.2, 0.25) is 0 Å². The van der Waals surface area contributed by atoms with E-state index in [1.54, 1.807) is 13.2 Å². The van der Waals surface area contributed by atoms with Gasteiger partial charge in [0.1, 0.15) is 12.1 Å². The summed E-state index contributed by atoms with van der Waals surface area (Å²) in [5.41, 5.74) is 0.679. The number of rotatable bonds is 5.